The van der Waals surface area contributed by atoms with Crippen LogP contribution in [0.3, 0.4) is 0 Å². The molecule has 0 aliphatic rings. The van der Waals surface area contributed by atoms with E-state index in [4.69, 9.17) is 9.63 Å². The second-order valence-corrected chi connectivity index (χ2v) is 5.03. The van der Waals surface area contributed by atoms with Gasteiger partial charge in [0.1, 0.15) is 12.3 Å². The minimum absolute atomic E-state index is 0.0202. The fourth-order valence-corrected chi connectivity index (χ4v) is 2.29. The summed E-state index contributed by atoms with van der Waals surface area (Å²) in [7, 11) is 0. The van der Waals surface area contributed by atoms with Gasteiger partial charge in [0.25, 0.3) is 0 Å². The maximum atomic E-state index is 12.2. The molecule has 0 saturated heterocycles. The molecule has 8 nitrogen and oxygen atoms in total. The Labute approximate surface area is 132 Å². The molecule has 0 bridgehead atoms. The Bertz CT molecular complexity index is 823. The molecule has 0 unspecified atom stereocenters. The van der Waals surface area contributed by atoms with Crippen LogP contribution in [0.25, 0.3) is 11.0 Å². The number of hydrogen-bond acceptors (Lipinski definition) is 6. The number of aliphatic hydroxyl groups excluding tert-OH is 1. The normalized spacial score (nSPS) is 10.9. The number of rotatable bonds is 6. The molecule has 0 saturated carbocycles. The molecule has 3 N–H and O–H groups in total. The lowest BCUT2D eigenvalue weighted by atomic mass is 10.3. The first-order valence-corrected chi connectivity index (χ1v) is 7.20. The molecule has 1 amide bonds. The lowest BCUT2D eigenvalue weighted by molar-refractivity contribution is -0.116. The number of aromatic nitrogens is 3. The summed E-state index contributed by atoms with van der Waals surface area (Å²) in [5, 5.41) is 18.4. The number of aliphatic hydroxyl groups is 1. The van der Waals surface area contributed by atoms with Crippen molar-refractivity contribution in [3.8, 4) is 0 Å². The number of nitrogens with one attached hydrogen (secondary N) is 2. The number of benzene rings is 1. The maximum Gasteiger partial charge on any atom is 0.245 e. The van der Waals surface area contributed by atoms with Crippen LogP contribution in [0.1, 0.15) is 5.76 Å². The number of amides is 1. The highest BCUT2D eigenvalue weighted by Gasteiger charge is 2.14. The SMILES string of the molecule is Cc1cc(NC(=O)Cn2c(NCCO)nc3ccccc32)no1. The van der Waals surface area contributed by atoms with Crippen molar-refractivity contribution in [3.05, 3.63) is 36.1 Å². The summed E-state index contributed by atoms with van der Waals surface area (Å²) in [5.41, 5.74) is 1.61. The molecular formula is C15H17N5O3. The summed E-state index contributed by atoms with van der Waals surface area (Å²) < 4.78 is 6.68. The van der Waals surface area contributed by atoms with Gasteiger partial charge in [0.05, 0.1) is 17.6 Å². The lowest BCUT2D eigenvalue weighted by Crippen LogP contribution is -2.21. The highest BCUT2D eigenvalue weighted by molar-refractivity contribution is 5.91. The van der Waals surface area contributed by atoms with E-state index in [-0.39, 0.29) is 19.1 Å². The van der Waals surface area contributed by atoms with E-state index in [1.54, 1.807) is 17.6 Å². The van der Waals surface area contributed by atoms with Gasteiger partial charge in [-0.1, -0.05) is 17.3 Å². The van der Waals surface area contributed by atoms with Crippen LogP contribution in [-0.4, -0.2) is 38.9 Å². The number of fused-ring (bicyclic) bond motifs is 1. The van der Waals surface area contributed by atoms with Crippen molar-refractivity contribution < 1.29 is 14.4 Å². The predicted molar refractivity (Wildman–Crippen MR) is 85.2 cm³/mol. The van der Waals surface area contributed by atoms with Gasteiger partial charge in [-0.05, 0) is 19.1 Å². The molecule has 23 heavy (non-hydrogen) atoms. The summed E-state index contributed by atoms with van der Waals surface area (Å²) in [4.78, 5) is 16.7. The largest absolute Gasteiger partial charge is 0.395 e. The van der Waals surface area contributed by atoms with E-state index in [0.717, 1.165) is 11.0 Å². The minimum atomic E-state index is -0.242. The number of anilines is 2. The Morgan fingerprint density at radius 1 is 1.39 bits per heavy atom. The number of nitrogens with zero attached hydrogens (tertiary/aromatic N) is 3. The summed E-state index contributed by atoms with van der Waals surface area (Å²) in [6.07, 6.45) is 0. The Morgan fingerprint density at radius 2 is 2.22 bits per heavy atom. The van der Waals surface area contributed by atoms with E-state index >= 15 is 0 Å². The zero-order chi connectivity index (χ0) is 16.2. The molecule has 0 aliphatic heterocycles. The predicted octanol–water partition coefficient (Wildman–Crippen LogP) is 1.38. The number of hydrogen-bond donors (Lipinski definition) is 3. The molecule has 2 aromatic heterocycles. The first-order chi connectivity index (χ1) is 11.2. The summed E-state index contributed by atoms with van der Waals surface area (Å²) in [5.74, 6) is 1.29. The van der Waals surface area contributed by atoms with Gasteiger partial charge in [-0.3, -0.25) is 4.79 Å². The minimum Gasteiger partial charge on any atom is -0.395 e. The van der Waals surface area contributed by atoms with Crippen molar-refractivity contribution >= 4 is 28.7 Å². The Morgan fingerprint density at radius 3 is 2.96 bits per heavy atom. The quantitative estimate of drug-likeness (QED) is 0.634. The topological polar surface area (TPSA) is 105 Å². The third kappa shape index (κ3) is 3.32. The fourth-order valence-electron chi connectivity index (χ4n) is 2.29. The van der Waals surface area contributed by atoms with Gasteiger partial charge in [0.15, 0.2) is 5.82 Å². The zero-order valence-corrected chi connectivity index (χ0v) is 12.6. The van der Waals surface area contributed by atoms with Crippen LogP contribution in [0.5, 0.6) is 0 Å². The molecule has 0 atom stereocenters. The van der Waals surface area contributed by atoms with E-state index in [9.17, 15) is 4.79 Å². The molecular weight excluding hydrogens is 298 g/mol. The van der Waals surface area contributed by atoms with Gasteiger partial charge in [-0.15, -0.1) is 0 Å². The lowest BCUT2D eigenvalue weighted by Gasteiger charge is -2.09. The zero-order valence-electron chi connectivity index (χ0n) is 12.6. The van der Waals surface area contributed by atoms with Crippen LogP contribution in [0.2, 0.25) is 0 Å². The summed E-state index contributed by atoms with van der Waals surface area (Å²) in [6.45, 7) is 2.16. The summed E-state index contributed by atoms with van der Waals surface area (Å²) in [6, 6.07) is 9.17. The number of carbonyl (C=O) groups is 1. The van der Waals surface area contributed by atoms with Crippen LogP contribution in [0.4, 0.5) is 11.8 Å². The summed E-state index contributed by atoms with van der Waals surface area (Å²) >= 11 is 0. The molecule has 0 spiro atoms. The van der Waals surface area contributed by atoms with E-state index in [1.165, 1.54) is 0 Å². The molecule has 3 rings (SSSR count). The van der Waals surface area contributed by atoms with E-state index in [1.807, 2.05) is 24.3 Å². The Hall–Kier alpha value is -2.87. The van der Waals surface area contributed by atoms with Crippen LogP contribution in [0.15, 0.2) is 34.9 Å². The van der Waals surface area contributed by atoms with Crippen LogP contribution < -0.4 is 10.6 Å². The van der Waals surface area contributed by atoms with Crippen molar-refractivity contribution in [1.29, 1.82) is 0 Å². The van der Waals surface area contributed by atoms with Crippen molar-refractivity contribution in [2.75, 3.05) is 23.8 Å². The van der Waals surface area contributed by atoms with Crippen LogP contribution >= 0.6 is 0 Å². The number of aryl methyl sites for hydroxylation is 1. The average molecular weight is 315 g/mol. The molecule has 120 valence electrons. The number of para-hydroxylation sites is 2. The second kappa shape index (κ2) is 6.49. The smallest absolute Gasteiger partial charge is 0.245 e. The Balaban J connectivity index is 1.83. The molecule has 0 aliphatic carbocycles. The van der Waals surface area contributed by atoms with E-state index in [2.05, 4.69) is 20.8 Å². The molecule has 0 radical (unpaired) electrons. The monoisotopic (exact) mass is 315 g/mol. The molecule has 8 heteroatoms. The van der Waals surface area contributed by atoms with Crippen molar-refractivity contribution in [1.82, 2.24) is 14.7 Å². The van der Waals surface area contributed by atoms with Crippen LogP contribution in [-0.2, 0) is 11.3 Å². The fraction of sp³-hybridized carbons (Fsp3) is 0.267. The van der Waals surface area contributed by atoms with Crippen molar-refractivity contribution in [2.24, 2.45) is 0 Å². The molecule has 3 aromatic rings. The molecule has 2 heterocycles. The van der Waals surface area contributed by atoms with Gasteiger partial charge >= 0.3 is 0 Å². The number of imidazole rings is 1. The number of carbonyl (C=O) groups excluding carboxylic acids is 1. The van der Waals surface area contributed by atoms with Gasteiger partial charge in [-0.25, -0.2) is 4.98 Å². The van der Waals surface area contributed by atoms with Gasteiger partial charge in [0.2, 0.25) is 11.9 Å². The van der Waals surface area contributed by atoms with Crippen LogP contribution in [0, 0.1) is 6.92 Å². The van der Waals surface area contributed by atoms with Gasteiger partial charge in [0, 0.05) is 12.6 Å². The first-order valence-electron chi connectivity index (χ1n) is 7.20. The Kier molecular flexibility index (Phi) is 4.24. The van der Waals surface area contributed by atoms with Crippen molar-refractivity contribution in [3.63, 3.8) is 0 Å². The highest BCUT2D eigenvalue weighted by atomic mass is 16.5. The average Bonchev–Trinajstić information content (AvgIpc) is 3.09. The molecule has 1 aromatic carbocycles. The van der Waals surface area contributed by atoms with Gasteiger partial charge < -0.3 is 24.8 Å². The second-order valence-electron chi connectivity index (χ2n) is 5.03. The first kappa shape index (κ1) is 15.0. The third-order valence-corrected chi connectivity index (χ3v) is 3.25. The highest BCUT2D eigenvalue weighted by Crippen LogP contribution is 2.19. The van der Waals surface area contributed by atoms with E-state index < -0.39 is 0 Å². The van der Waals surface area contributed by atoms with Crippen molar-refractivity contribution in [2.45, 2.75) is 13.5 Å². The molecule has 0 fully saturated rings. The third-order valence-electron chi connectivity index (χ3n) is 3.25. The standard InChI is InChI=1S/C15H17N5O3/c1-10-8-13(19-23-10)18-14(22)9-20-12-5-3-2-4-11(12)17-15(20)16-6-7-21/h2-5,8,21H,6-7,9H2,1H3,(H,16,17)(H,18,19,22). The van der Waals surface area contributed by atoms with Gasteiger partial charge in [-0.2, -0.15) is 0 Å². The maximum absolute atomic E-state index is 12.2. The van der Waals surface area contributed by atoms with E-state index in [0.29, 0.717) is 24.1 Å².